The number of hydrogen-bond donors (Lipinski definition) is 1. The van der Waals surface area contributed by atoms with Crippen molar-refractivity contribution >= 4 is 17.5 Å². The van der Waals surface area contributed by atoms with Crippen LogP contribution in [0.4, 0.5) is 5.95 Å². The van der Waals surface area contributed by atoms with Crippen molar-refractivity contribution in [2.75, 3.05) is 5.32 Å². The Kier molecular flexibility index (Phi) is 4.20. The van der Waals surface area contributed by atoms with Crippen molar-refractivity contribution in [3.63, 3.8) is 0 Å². The Balaban J connectivity index is 1.86. The molecular weight excluding hydrogens is 282 g/mol. The zero-order valence-corrected chi connectivity index (χ0v) is 13.4. The van der Waals surface area contributed by atoms with Crippen LogP contribution in [-0.2, 0) is 0 Å². The van der Waals surface area contributed by atoms with Gasteiger partial charge in [-0.05, 0) is 44.4 Å². The number of halogens is 1. The Bertz CT molecular complexity index is 614. The summed E-state index contributed by atoms with van der Waals surface area (Å²) in [4.78, 5) is 4.66. The van der Waals surface area contributed by atoms with Gasteiger partial charge in [0.15, 0.2) is 0 Å². The van der Waals surface area contributed by atoms with E-state index in [9.17, 15) is 0 Å². The number of nitrogens with zero attached hydrogens (tertiary/aromatic N) is 2. The predicted molar refractivity (Wildman–Crippen MR) is 88.1 cm³/mol. The van der Waals surface area contributed by atoms with Gasteiger partial charge in [-0.1, -0.05) is 36.6 Å². The minimum Gasteiger partial charge on any atom is -0.353 e. The number of benzene rings is 1. The molecule has 3 rings (SSSR count). The second-order valence-corrected chi connectivity index (χ2v) is 6.41. The summed E-state index contributed by atoms with van der Waals surface area (Å²) in [5.41, 5.74) is 2.25. The number of hydrogen-bond acceptors (Lipinski definition) is 2. The third-order valence-electron chi connectivity index (χ3n) is 4.29. The van der Waals surface area contributed by atoms with Crippen LogP contribution < -0.4 is 5.32 Å². The number of nitrogens with one attached hydrogen (secondary N) is 1. The summed E-state index contributed by atoms with van der Waals surface area (Å²) in [5, 5.41) is 4.39. The molecule has 1 heterocycles. The molecule has 1 aliphatic carbocycles. The number of anilines is 1. The SMILES string of the molecule is Cc1cn(C(C)c2cccc(Cl)c2)c(NC2CCCC2)n1. The number of aromatic nitrogens is 2. The fourth-order valence-electron chi connectivity index (χ4n) is 3.10. The first-order valence-corrected chi connectivity index (χ1v) is 8.09. The Morgan fingerprint density at radius 1 is 1.33 bits per heavy atom. The van der Waals surface area contributed by atoms with Crippen molar-refractivity contribution in [3.8, 4) is 0 Å². The average Bonchev–Trinajstić information content (AvgIpc) is 3.08. The Labute approximate surface area is 131 Å². The molecule has 1 aromatic carbocycles. The molecule has 4 heteroatoms. The molecule has 1 aliphatic rings. The molecule has 0 aliphatic heterocycles. The van der Waals surface area contributed by atoms with Crippen LogP contribution in [0.15, 0.2) is 30.5 Å². The van der Waals surface area contributed by atoms with E-state index in [4.69, 9.17) is 11.6 Å². The molecule has 1 atom stereocenters. The lowest BCUT2D eigenvalue weighted by Crippen LogP contribution is -2.19. The summed E-state index contributed by atoms with van der Waals surface area (Å²) in [6.45, 7) is 4.23. The number of rotatable bonds is 4. The minimum absolute atomic E-state index is 0.216. The van der Waals surface area contributed by atoms with E-state index in [-0.39, 0.29) is 6.04 Å². The number of aryl methyl sites for hydroxylation is 1. The van der Waals surface area contributed by atoms with Crippen LogP contribution in [0.3, 0.4) is 0 Å². The van der Waals surface area contributed by atoms with Crippen LogP contribution >= 0.6 is 11.6 Å². The van der Waals surface area contributed by atoms with Crippen LogP contribution in [0.1, 0.15) is 49.9 Å². The molecule has 0 amide bonds. The zero-order chi connectivity index (χ0) is 14.8. The molecule has 1 fully saturated rings. The van der Waals surface area contributed by atoms with Gasteiger partial charge in [0.2, 0.25) is 5.95 Å². The maximum Gasteiger partial charge on any atom is 0.203 e. The van der Waals surface area contributed by atoms with Gasteiger partial charge >= 0.3 is 0 Å². The fourth-order valence-corrected chi connectivity index (χ4v) is 3.30. The maximum absolute atomic E-state index is 6.12. The summed E-state index contributed by atoms with van der Waals surface area (Å²) in [6, 6.07) is 8.84. The van der Waals surface area contributed by atoms with Gasteiger partial charge in [0.25, 0.3) is 0 Å². The molecule has 3 nitrogen and oxygen atoms in total. The van der Waals surface area contributed by atoms with Gasteiger partial charge in [0.1, 0.15) is 0 Å². The highest BCUT2D eigenvalue weighted by atomic mass is 35.5. The van der Waals surface area contributed by atoms with E-state index >= 15 is 0 Å². The Hall–Kier alpha value is -1.48. The van der Waals surface area contributed by atoms with Crippen molar-refractivity contribution in [2.24, 2.45) is 0 Å². The molecular formula is C17H22ClN3. The average molecular weight is 304 g/mol. The first-order valence-electron chi connectivity index (χ1n) is 7.71. The van der Waals surface area contributed by atoms with Crippen LogP contribution in [0.5, 0.6) is 0 Å². The summed E-state index contributed by atoms with van der Waals surface area (Å²) in [5.74, 6) is 0.979. The largest absolute Gasteiger partial charge is 0.353 e. The van der Waals surface area contributed by atoms with E-state index in [2.05, 4.69) is 34.1 Å². The Morgan fingerprint density at radius 2 is 2.10 bits per heavy atom. The van der Waals surface area contributed by atoms with Crippen LogP contribution in [0.2, 0.25) is 5.02 Å². The molecule has 1 unspecified atom stereocenters. The van der Waals surface area contributed by atoms with E-state index in [1.165, 1.54) is 31.2 Å². The van der Waals surface area contributed by atoms with E-state index < -0.39 is 0 Å². The van der Waals surface area contributed by atoms with Crippen molar-refractivity contribution in [1.29, 1.82) is 0 Å². The molecule has 0 bridgehead atoms. The van der Waals surface area contributed by atoms with Crippen LogP contribution in [-0.4, -0.2) is 15.6 Å². The quantitative estimate of drug-likeness (QED) is 0.878. The smallest absolute Gasteiger partial charge is 0.203 e. The van der Waals surface area contributed by atoms with Crippen molar-refractivity contribution in [1.82, 2.24) is 9.55 Å². The second kappa shape index (κ2) is 6.10. The maximum atomic E-state index is 6.12. The van der Waals surface area contributed by atoms with Gasteiger partial charge in [0.05, 0.1) is 11.7 Å². The number of imidazole rings is 1. The molecule has 0 saturated heterocycles. The highest BCUT2D eigenvalue weighted by Gasteiger charge is 2.19. The normalized spacial score (nSPS) is 17.1. The fraction of sp³-hybridized carbons (Fsp3) is 0.471. The van der Waals surface area contributed by atoms with Crippen LogP contribution in [0, 0.1) is 6.92 Å². The monoisotopic (exact) mass is 303 g/mol. The second-order valence-electron chi connectivity index (χ2n) is 5.97. The first-order chi connectivity index (χ1) is 10.1. The highest BCUT2D eigenvalue weighted by molar-refractivity contribution is 6.30. The lowest BCUT2D eigenvalue weighted by atomic mass is 10.1. The standard InChI is InChI=1S/C17H22ClN3/c1-12-11-21(13(2)14-6-5-7-15(18)10-14)17(19-12)20-16-8-3-4-9-16/h5-7,10-11,13,16H,3-4,8-9H2,1-2H3,(H,19,20). The zero-order valence-electron chi connectivity index (χ0n) is 12.6. The predicted octanol–water partition coefficient (Wildman–Crippen LogP) is 4.81. The van der Waals surface area contributed by atoms with Crippen molar-refractivity contribution in [3.05, 3.63) is 46.7 Å². The Morgan fingerprint density at radius 3 is 2.81 bits per heavy atom. The summed E-state index contributed by atoms with van der Waals surface area (Å²) >= 11 is 6.12. The van der Waals surface area contributed by atoms with Gasteiger partial charge < -0.3 is 9.88 Å². The first kappa shape index (κ1) is 14.5. The van der Waals surface area contributed by atoms with Crippen molar-refractivity contribution < 1.29 is 0 Å². The minimum atomic E-state index is 0.216. The van der Waals surface area contributed by atoms with Gasteiger partial charge in [-0.3, -0.25) is 0 Å². The van der Waals surface area contributed by atoms with E-state index in [0.717, 1.165) is 16.7 Å². The van der Waals surface area contributed by atoms with Gasteiger partial charge in [-0.25, -0.2) is 4.98 Å². The summed E-state index contributed by atoms with van der Waals surface area (Å²) < 4.78 is 2.22. The summed E-state index contributed by atoms with van der Waals surface area (Å²) in [7, 11) is 0. The molecule has 1 aromatic heterocycles. The van der Waals surface area contributed by atoms with Crippen molar-refractivity contribution in [2.45, 2.75) is 51.6 Å². The van der Waals surface area contributed by atoms with Gasteiger partial charge in [-0.2, -0.15) is 0 Å². The topological polar surface area (TPSA) is 29.9 Å². The lowest BCUT2D eigenvalue weighted by molar-refractivity contribution is 0.630. The summed E-state index contributed by atoms with van der Waals surface area (Å²) in [6.07, 6.45) is 7.25. The molecule has 112 valence electrons. The third-order valence-corrected chi connectivity index (χ3v) is 4.52. The van der Waals surface area contributed by atoms with E-state index in [1.807, 2.05) is 25.1 Å². The van der Waals surface area contributed by atoms with Crippen LogP contribution in [0.25, 0.3) is 0 Å². The van der Waals surface area contributed by atoms with E-state index in [1.54, 1.807) is 0 Å². The highest BCUT2D eigenvalue weighted by Crippen LogP contribution is 2.27. The van der Waals surface area contributed by atoms with E-state index in [0.29, 0.717) is 6.04 Å². The molecule has 0 radical (unpaired) electrons. The van der Waals surface area contributed by atoms with Gasteiger partial charge in [0, 0.05) is 17.3 Å². The lowest BCUT2D eigenvalue weighted by Gasteiger charge is -2.20. The third kappa shape index (κ3) is 3.24. The molecule has 21 heavy (non-hydrogen) atoms. The molecule has 1 saturated carbocycles. The molecule has 1 N–H and O–H groups in total. The molecule has 0 spiro atoms. The molecule has 2 aromatic rings. The van der Waals surface area contributed by atoms with Gasteiger partial charge in [-0.15, -0.1) is 0 Å².